The normalized spacial score (nSPS) is 11.8. The summed E-state index contributed by atoms with van der Waals surface area (Å²) in [5.41, 5.74) is 1.65. The number of hydrogen-bond donors (Lipinski definition) is 0. The van der Waals surface area contributed by atoms with Crippen LogP contribution in [0.25, 0.3) is 10.9 Å². The number of nitrogens with zero attached hydrogens (tertiary/aromatic N) is 1. The average Bonchev–Trinajstić information content (AvgIpc) is 2.61. The van der Waals surface area contributed by atoms with Crippen molar-refractivity contribution in [2.75, 3.05) is 6.61 Å². The summed E-state index contributed by atoms with van der Waals surface area (Å²) >= 11 is 3.50. The van der Waals surface area contributed by atoms with Crippen molar-refractivity contribution in [3.63, 3.8) is 0 Å². The van der Waals surface area contributed by atoms with Crippen molar-refractivity contribution in [1.29, 1.82) is 0 Å². The predicted octanol–water partition coefficient (Wildman–Crippen LogP) is 4.44. The van der Waals surface area contributed by atoms with E-state index in [4.69, 9.17) is 4.74 Å². The number of ether oxygens (including phenoxy) is 1. The van der Waals surface area contributed by atoms with Gasteiger partial charge < -0.3 is 9.30 Å². The summed E-state index contributed by atoms with van der Waals surface area (Å²) in [4.78, 5) is 12.3. The summed E-state index contributed by atoms with van der Waals surface area (Å²) in [7, 11) is 0.755. The lowest BCUT2D eigenvalue weighted by molar-refractivity contribution is 0.0526. The molecule has 0 unspecified atom stereocenters. The molecule has 0 saturated heterocycles. The van der Waals surface area contributed by atoms with Crippen LogP contribution in [0.5, 0.6) is 0 Å². The second-order valence-corrected chi connectivity index (χ2v) is 12.6. The predicted molar refractivity (Wildman–Crippen MR) is 89.1 cm³/mol. The van der Waals surface area contributed by atoms with Gasteiger partial charge in [-0.25, -0.2) is 4.79 Å². The molecular weight excluding hydrogens is 334 g/mol. The minimum Gasteiger partial charge on any atom is -0.462 e. The molecule has 0 fully saturated rings. The van der Waals surface area contributed by atoms with Gasteiger partial charge in [-0.1, -0.05) is 37.8 Å². The Balaban J connectivity index is 2.24. The first-order valence-electron chi connectivity index (χ1n) is 6.71. The molecule has 1 heterocycles. The summed E-state index contributed by atoms with van der Waals surface area (Å²) in [6.07, 6.45) is 0. The zero-order valence-corrected chi connectivity index (χ0v) is 15.0. The molecule has 2 aromatic rings. The van der Waals surface area contributed by atoms with Gasteiger partial charge >= 0.3 is 5.97 Å². The smallest absolute Gasteiger partial charge is 0.341 e. The van der Waals surface area contributed by atoms with Gasteiger partial charge in [-0.3, -0.25) is 0 Å². The average molecular weight is 354 g/mol. The number of carbonyl (C=O) groups excluding carboxylic acids is 1. The standard InChI is InChI=1S/C15H20BrNO2Si/c1-17-12-8-6-5-7-11(12)13(14(17)16)15(18)19-9-10-20(2,3)4/h5-8H,9-10H2,1-4H3. The molecule has 0 radical (unpaired) electrons. The lowest BCUT2D eigenvalue weighted by atomic mass is 10.2. The molecule has 108 valence electrons. The van der Waals surface area contributed by atoms with Gasteiger partial charge in [0.25, 0.3) is 0 Å². The maximum Gasteiger partial charge on any atom is 0.341 e. The Hall–Kier alpha value is -1.07. The Labute approximate surface area is 129 Å². The molecule has 20 heavy (non-hydrogen) atoms. The molecule has 0 aliphatic heterocycles. The number of aryl methyl sites for hydroxylation is 1. The first-order chi connectivity index (χ1) is 9.31. The van der Waals surface area contributed by atoms with Gasteiger partial charge in [-0.15, -0.1) is 0 Å². The van der Waals surface area contributed by atoms with E-state index in [0.717, 1.165) is 21.6 Å². The largest absolute Gasteiger partial charge is 0.462 e. The van der Waals surface area contributed by atoms with Crippen molar-refractivity contribution >= 4 is 40.9 Å². The number of para-hydroxylation sites is 1. The van der Waals surface area contributed by atoms with Crippen LogP contribution in [0.2, 0.25) is 25.7 Å². The number of hydrogen-bond acceptors (Lipinski definition) is 2. The maximum atomic E-state index is 12.3. The highest BCUT2D eigenvalue weighted by Crippen LogP contribution is 2.30. The molecule has 1 aromatic carbocycles. The first-order valence-corrected chi connectivity index (χ1v) is 11.2. The van der Waals surface area contributed by atoms with Crippen molar-refractivity contribution in [1.82, 2.24) is 4.57 Å². The molecule has 5 heteroatoms. The third kappa shape index (κ3) is 3.15. The van der Waals surface area contributed by atoms with Crippen molar-refractivity contribution in [2.45, 2.75) is 25.7 Å². The summed E-state index contributed by atoms with van der Waals surface area (Å²) in [6, 6.07) is 8.85. The maximum absolute atomic E-state index is 12.3. The summed E-state index contributed by atoms with van der Waals surface area (Å²) in [5.74, 6) is -0.244. The van der Waals surface area contributed by atoms with E-state index in [0.29, 0.717) is 12.2 Å². The third-order valence-electron chi connectivity index (χ3n) is 3.32. The second kappa shape index (κ2) is 5.74. The molecule has 0 spiro atoms. The number of fused-ring (bicyclic) bond motifs is 1. The first kappa shape index (κ1) is 15.3. The molecule has 0 aliphatic rings. The Morgan fingerprint density at radius 1 is 1.30 bits per heavy atom. The van der Waals surface area contributed by atoms with Gasteiger partial charge in [0.1, 0.15) is 4.60 Å². The van der Waals surface area contributed by atoms with Gasteiger partial charge in [0, 0.05) is 26.0 Å². The molecule has 0 saturated carbocycles. The van der Waals surface area contributed by atoms with Crippen LogP contribution >= 0.6 is 15.9 Å². The van der Waals surface area contributed by atoms with Crippen molar-refractivity contribution in [3.8, 4) is 0 Å². The van der Waals surface area contributed by atoms with E-state index >= 15 is 0 Å². The lowest BCUT2D eigenvalue weighted by Crippen LogP contribution is -2.22. The van der Waals surface area contributed by atoms with Crippen LogP contribution in [-0.4, -0.2) is 25.2 Å². The van der Waals surface area contributed by atoms with Crippen LogP contribution in [0, 0.1) is 0 Å². The van der Waals surface area contributed by atoms with Crippen LogP contribution in [-0.2, 0) is 11.8 Å². The van der Waals surface area contributed by atoms with Crippen LogP contribution in [0.1, 0.15) is 10.4 Å². The topological polar surface area (TPSA) is 31.2 Å². The Morgan fingerprint density at radius 3 is 2.60 bits per heavy atom. The zero-order valence-electron chi connectivity index (χ0n) is 12.4. The van der Waals surface area contributed by atoms with Gasteiger partial charge in [-0.2, -0.15) is 0 Å². The van der Waals surface area contributed by atoms with E-state index in [-0.39, 0.29) is 5.97 Å². The monoisotopic (exact) mass is 353 g/mol. The number of esters is 1. The Kier molecular flexibility index (Phi) is 4.39. The van der Waals surface area contributed by atoms with E-state index in [9.17, 15) is 4.79 Å². The van der Waals surface area contributed by atoms with E-state index in [1.807, 2.05) is 35.9 Å². The number of halogens is 1. The fraction of sp³-hybridized carbons (Fsp3) is 0.400. The van der Waals surface area contributed by atoms with E-state index in [2.05, 4.69) is 35.6 Å². The molecule has 0 atom stereocenters. The van der Waals surface area contributed by atoms with Crippen molar-refractivity contribution in [2.24, 2.45) is 7.05 Å². The van der Waals surface area contributed by atoms with Gasteiger partial charge in [0.05, 0.1) is 12.2 Å². The number of rotatable bonds is 4. The molecule has 0 aliphatic carbocycles. The van der Waals surface area contributed by atoms with Gasteiger partial charge in [-0.05, 0) is 28.0 Å². The Morgan fingerprint density at radius 2 is 1.95 bits per heavy atom. The van der Waals surface area contributed by atoms with Crippen molar-refractivity contribution in [3.05, 3.63) is 34.4 Å². The third-order valence-corrected chi connectivity index (χ3v) is 5.96. The molecule has 0 bridgehead atoms. The van der Waals surface area contributed by atoms with E-state index < -0.39 is 8.07 Å². The highest BCUT2D eigenvalue weighted by atomic mass is 79.9. The number of carbonyl (C=O) groups is 1. The molecule has 2 rings (SSSR count). The number of benzene rings is 1. The SMILES string of the molecule is Cn1c(Br)c(C(=O)OCC[Si](C)(C)C)c2ccccc21. The second-order valence-electron chi connectivity index (χ2n) is 6.19. The molecule has 1 aromatic heterocycles. The summed E-state index contributed by atoms with van der Waals surface area (Å²) < 4.78 is 8.20. The summed E-state index contributed by atoms with van der Waals surface area (Å²) in [6.45, 7) is 7.32. The molecule has 3 nitrogen and oxygen atoms in total. The van der Waals surface area contributed by atoms with Crippen molar-refractivity contribution < 1.29 is 9.53 Å². The minimum absolute atomic E-state index is 0.244. The zero-order chi connectivity index (χ0) is 14.9. The highest BCUT2D eigenvalue weighted by Gasteiger charge is 2.21. The highest BCUT2D eigenvalue weighted by molar-refractivity contribution is 9.10. The summed E-state index contributed by atoms with van der Waals surface area (Å²) in [5, 5.41) is 0.930. The molecule has 0 N–H and O–H groups in total. The van der Waals surface area contributed by atoms with Gasteiger partial charge in [0.15, 0.2) is 0 Å². The number of aromatic nitrogens is 1. The van der Waals surface area contributed by atoms with Crippen LogP contribution < -0.4 is 0 Å². The molecule has 0 amide bonds. The van der Waals surface area contributed by atoms with Gasteiger partial charge in [0.2, 0.25) is 0 Å². The fourth-order valence-electron chi connectivity index (χ4n) is 2.08. The fourth-order valence-corrected chi connectivity index (χ4v) is 3.36. The van der Waals surface area contributed by atoms with Crippen LogP contribution in [0.4, 0.5) is 0 Å². The lowest BCUT2D eigenvalue weighted by Gasteiger charge is -2.15. The quantitative estimate of drug-likeness (QED) is 0.601. The molecular formula is C15H20BrNO2Si. The minimum atomic E-state index is -1.18. The Bertz CT molecular complexity index is 643. The van der Waals surface area contributed by atoms with Crippen LogP contribution in [0.3, 0.4) is 0 Å². The van der Waals surface area contributed by atoms with E-state index in [1.165, 1.54) is 0 Å². The van der Waals surface area contributed by atoms with E-state index in [1.54, 1.807) is 0 Å². The van der Waals surface area contributed by atoms with Crippen LogP contribution in [0.15, 0.2) is 28.9 Å².